The summed E-state index contributed by atoms with van der Waals surface area (Å²) in [5.74, 6) is -3.76. The number of hydrogen-bond donors (Lipinski definition) is 1. The number of anilines is 1. The van der Waals surface area contributed by atoms with Gasteiger partial charge in [-0.3, -0.25) is 4.79 Å². The van der Waals surface area contributed by atoms with Gasteiger partial charge < -0.3 is 5.32 Å². The molecule has 0 bridgehead atoms. The molecule has 0 aliphatic carbocycles. The summed E-state index contributed by atoms with van der Waals surface area (Å²) in [4.78, 5) is 11.0. The number of rotatable bonds is 3. The molecule has 82 valence electrons. The topological polar surface area (TPSA) is 29.1 Å². The third kappa shape index (κ3) is 3.16. The lowest BCUT2D eigenvalue weighted by Gasteiger charge is -2.15. The van der Waals surface area contributed by atoms with Crippen molar-refractivity contribution in [3.8, 4) is 0 Å². The zero-order valence-electron chi connectivity index (χ0n) is 8.06. The number of alkyl halides is 3. The summed E-state index contributed by atoms with van der Waals surface area (Å²) >= 11 is 5.27. The lowest BCUT2D eigenvalue weighted by atomic mass is 10.1. The molecule has 2 nitrogen and oxygen atoms in total. The van der Waals surface area contributed by atoms with Gasteiger partial charge in [-0.15, -0.1) is 11.6 Å². The van der Waals surface area contributed by atoms with Crippen LogP contribution in [0.5, 0.6) is 0 Å². The average molecular weight is 234 g/mol. The maximum Gasteiger partial charge on any atom is 0.272 e. The van der Waals surface area contributed by atoms with E-state index in [2.05, 4.69) is 5.32 Å². The quantitative estimate of drug-likeness (QED) is 0.799. The minimum Gasteiger partial charge on any atom is -0.325 e. The summed E-state index contributed by atoms with van der Waals surface area (Å²) in [5, 5.41) is 2.32. The van der Waals surface area contributed by atoms with Crippen LogP contribution < -0.4 is 5.32 Å². The van der Waals surface area contributed by atoms with Gasteiger partial charge in [0, 0.05) is 18.2 Å². The Kier molecular flexibility index (Phi) is 3.63. The highest BCUT2D eigenvalue weighted by molar-refractivity contribution is 6.29. The molecule has 0 saturated carbocycles. The molecule has 0 heterocycles. The van der Waals surface area contributed by atoms with Gasteiger partial charge in [-0.2, -0.15) is 0 Å². The number of nitrogens with one attached hydrogen (secondary N) is 1. The number of carbonyl (C=O) groups excluding carboxylic acids is 1. The third-order valence-corrected chi connectivity index (χ3v) is 2.04. The van der Waals surface area contributed by atoms with E-state index < -0.39 is 11.8 Å². The first-order valence-electron chi connectivity index (χ1n) is 4.28. The molecule has 0 aliphatic rings. The summed E-state index contributed by atoms with van der Waals surface area (Å²) in [5.41, 5.74) is -0.126. The van der Waals surface area contributed by atoms with Crippen molar-refractivity contribution >= 4 is 23.2 Å². The van der Waals surface area contributed by atoms with Crippen LogP contribution in [-0.4, -0.2) is 11.8 Å². The molecule has 1 rings (SSSR count). The van der Waals surface area contributed by atoms with E-state index in [1.165, 1.54) is 18.2 Å². The maximum absolute atomic E-state index is 13.1. The van der Waals surface area contributed by atoms with Gasteiger partial charge in [-0.05, 0) is 6.07 Å². The van der Waals surface area contributed by atoms with Crippen LogP contribution in [0.25, 0.3) is 0 Å². The van der Waals surface area contributed by atoms with Crippen molar-refractivity contribution in [3.63, 3.8) is 0 Å². The van der Waals surface area contributed by atoms with Crippen LogP contribution in [0.2, 0.25) is 0 Å². The van der Waals surface area contributed by atoms with Gasteiger partial charge in [0.15, 0.2) is 0 Å². The SMILES string of the molecule is CC(F)(F)c1ccccc1NC(=O)CCl. The lowest BCUT2D eigenvalue weighted by molar-refractivity contribution is -0.113. The van der Waals surface area contributed by atoms with Crippen molar-refractivity contribution in [2.45, 2.75) is 12.8 Å². The molecule has 0 unspecified atom stereocenters. The van der Waals surface area contributed by atoms with Crippen molar-refractivity contribution in [1.29, 1.82) is 0 Å². The number of benzene rings is 1. The maximum atomic E-state index is 13.1. The van der Waals surface area contributed by atoms with Crippen molar-refractivity contribution in [2.24, 2.45) is 0 Å². The largest absolute Gasteiger partial charge is 0.325 e. The molecule has 1 aromatic carbocycles. The molecule has 0 saturated heterocycles. The van der Waals surface area contributed by atoms with E-state index >= 15 is 0 Å². The normalized spacial score (nSPS) is 11.2. The molecule has 1 N–H and O–H groups in total. The van der Waals surface area contributed by atoms with E-state index in [0.717, 1.165) is 6.92 Å². The van der Waals surface area contributed by atoms with Gasteiger partial charge in [0.1, 0.15) is 5.88 Å². The van der Waals surface area contributed by atoms with Gasteiger partial charge in [0.2, 0.25) is 5.91 Å². The molecule has 0 spiro atoms. The molecule has 0 radical (unpaired) electrons. The van der Waals surface area contributed by atoms with Crippen LogP contribution in [0.1, 0.15) is 12.5 Å². The minimum atomic E-state index is -2.99. The lowest BCUT2D eigenvalue weighted by Crippen LogP contribution is -2.17. The molecule has 0 atom stereocenters. The fourth-order valence-electron chi connectivity index (χ4n) is 1.16. The second-order valence-electron chi connectivity index (χ2n) is 3.12. The zero-order valence-corrected chi connectivity index (χ0v) is 8.81. The summed E-state index contributed by atoms with van der Waals surface area (Å²) in [6.45, 7) is 0.776. The highest BCUT2D eigenvalue weighted by atomic mass is 35.5. The van der Waals surface area contributed by atoms with Gasteiger partial charge in [0.05, 0.1) is 0 Å². The monoisotopic (exact) mass is 233 g/mol. The van der Waals surface area contributed by atoms with Crippen LogP contribution in [-0.2, 0) is 10.7 Å². The second kappa shape index (κ2) is 4.57. The Balaban J connectivity index is 3.02. The van der Waals surface area contributed by atoms with E-state index in [9.17, 15) is 13.6 Å². The number of amides is 1. The number of hydrogen-bond acceptors (Lipinski definition) is 1. The van der Waals surface area contributed by atoms with Crippen molar-refractivity contribution in [2.75, 3.05) is 11.2 Å². The van der Waals surface area contributed by atoms with Gasteiger partial charge in [-0.25, -0.2) is 8.78 Å². The molecule has 1 aromatic rings. The molecule has 15 heavy (non-hydrogen) atoms. The molecule has 0 aromatic heterocycles. The van der Waals surface area contributed by atoms with Crippen molar-refractivity contribution < 1.29 is 13.6 Å². The van der Waals surface area contributed by atoms with Gasteiger partial charge in [0.25, 0.3) is 5.92 Å². The molecular weight excluding hydrogens is 224 g/mol. The average Bonchev–Trinajstić information content (AvgIpc) is 2.17. The van der Waals surface area contributed by atoms with Gasteiger partial charge in [-0.1, -0.05) is 18.2 Å². The fraction of sp³-hybridized carbons (Fsp3) is 0.300. The van der Waals surface area contributed by atoms with Crippen LogP contribution in [0, 0.1) is 0 Å². The van der Waals surface area contributed by atoms with E-state index in [1.807, 2.05) is 0 Å². The van der Waals surface area contributed by atoms with E-state index in [4.69, 9.17) is 11.6 Å². The highest BCUT2D eigenvalue weighted by Gasteiger charge is 2.27. The Labute approximate surface area is 91.2 Å². The van der Waals surface area contributed by atoms with Gasteiger partial charge >= 0.3 is 0 Å². The molecule has 5 heteroatoms. The first-order chi connectivity index (χ1) is 6.95. The number of carbonyl (C=O) groups is 1. The molecule has 0 aliphatic heterocycles. The summed E-state index contributed by atoms with van der Waals surface area (Å²) in [7, 11) is 0. The third-order valence-electron chi connectivity index (χ3n) is 1.80. The first-order valence-corrected chi connectivity index (χ1v) is 4.81. The predicted octanol–water partition coefficient (Wildman–Crippen LogP) is 2.98. The Morgan fingerprint density at radius 3 is 2.60 bits per heavy atom. The smallest absolute Gasteiger partial charge is 0.272 e. The number of para-hydroxylation sites is 1. The van der Waals surface area contributed by atoms with Crippen LogP contribution in [0.15, 0.2) is 24.3 Å². The van der Waals surface area contributed by atoms with Crippen molar-refractivity contribution in [3.05, 3.63) is 29.8 Å². The zero-order chi connectivity index (χ0) is 11.5. The standard InChI is InChI=1S/C10H10ClF2NO/c1-10(12,13)7-4-2-3-5-8(7)14-9(15)6-11/h2-5H,6H2,1H3,(H,14,15). The summed E-state index contributed by atoms with van der Waals surface area (Å²) in [6, 6.07) is 5.74. The van der Waals surface area contributed by atoms with E-state index in [1.54, 1.807) is 6.07 Å². The predicted molar refractivity (Wildman–Crippen MR) is 55.4 cm³/mol. The molecule has 1 amide bonds. The van der Waals surface area contributed by atoms with E-state index in [-0.39, 0.29) is 17.1 Å². The highest BCUT2D eigenvalue weighted by Crippen LogP contribution is 2.32. The molecule has 0 fully saturated rings. The Bertz CT molecular complexity index is 363. The summed E-state index contributed by atoms with van der Waals surface area (Å²) < 4.78 is 26.2. The van der Waals surface area contributed by atoms with E-state index in [0.29, 0.717) is 0 Å². The Morgan fingerprint density at radius 1 is 1.47 bits per heavy atom. The van der Waals surface area contributed by atoms with Crippen molar-refractivity contribution in [1.82, 2.24) is 0 Å². The first kappa shape index (κ1) is 11.9. The second-order valence-corrected chi connectivity index (χ2v) is 3.38. The summed E-state index contributed by atoms with van der Waals surface area (Å²) in [6.07, 6.45) is 0. The van der Waals surface area contributed by atoms with Crippen LogP contribution in [0.3, 0.4) is 0 Å². The minimum absolute atomic E-state index is 0.0932. The fourth-order valence-corrected chi connectivity index (χ4v) is 1.23. The van der Waals surface area contributed by atoms with Crippen LogP contribution in [0.4, 0.5) is 14.5 Å². The van der Waals surface area contributed by atoms with Crippen LogP contribution >= 0.6 is 11.6 Å². The Hall–Kier alpha value is -1.16. The molecular formula is C10H10ClF2NO. The number of halogens is 3. The Morgan fingerprint density at radius 2 is 2.07 bits per heavy atom.